The van der Waals surface area contributed by atoms with Gasteiger partial charge in [-0.3, -0.25) is 23.4 Å². The van der Waals surface area contributed by atoms with Crippen molar-refractivity contribution >= 4 is 22.6 Å². The van der Waals surface area contributed by atoms with Gasteiger partial charge in [-0.15, -0.1) is 0 Å². The molecule has 3 aromatic rings. The predicted octanol–water partition coefficient (Wildman–Crippen LogP) is -0.171. The first-order valence-corrected chi connectivity index (χ1v) is 9.16. The number of nitrogens with zero attached hydrogens (tertiary/aromatic N) is 5. The lowest BCUT2D eigenvalue weighted by Gasteiger charge is -2.21. The lowest BCUT2D eigenvalue weighted by Crippen LogP contribution is -2.42. The molecule has 1 fully saturated rings. The van der Waals surface area contributed by atoms with E-state index in [1.807, 2.05) is 35.4 Å². The predicted molar refractivity (Wildman–Crippen MR) is 105 cm³/mol. The minimum atomic E-state index is -0.360. The fourth-order valence-electron chi connectivity index (χ4n) is 3.63. The van der Waals surface area contributed by atoms with Crippen molar-refractivity contribution < 1.29 is 4.79 Å². The molecule has 0 spiro atoms. The van der Waals surface area contributed by atoms with E-state index in [2.05, 4.69) is 10.4 Å². The first-order valence-electron chi connectivity index (χ1n) is 9.16. The molecule has 0 unspecified atom stereocenters. The number of anilines is 1. The van der Waals surface area contributed by atoms with Crippen LogP contribution in [0.4, 0.5) is 5.82 Å². The average Bonchev–Trinajstić information content (AvgIpc) is 3.29. The molecule has 0 saturated carbocycles. The molecule has 3 heterocycles. The Bertz CT molecular complexity index is 1130. The molecule has 9 nitrogen and oxygen atoms in total. The summed E-state index contributed by atoms with van der Waals surface area (Å²) >= 11 is 0. The Morgan fingerprint density at radius 1 is 1.21 bits per heavy atom. The van der Waals surface area contributed by atoms with Gasteiger partial charge >= 0.3 is 5.69 Å². The molecular formula is C19H22N6O3. The zero-order valence-electron chi connectivity index (χ0n) is 15.8. The van der Waals surface area contributed by atoms with Crippen LogP contribution in [0.5, 0.6) is 0 Å². The third-order valence-corrected chi connectivity index (χ3v) is 5.14. The van der Waals surface area contributed by atoms with Gasteiger partial charge in [0.15, 0.2) is 0 Å². The van der Waals surface area contributed by atoms with E-state index in [9.17, 15) is 14.4 Å². The summed E-state index contributed by atoms with van der Waals surface area (Å²) in [6.45, 7) is 1.36. The van der Waals surface area contributed by atoms with Gasteiger partial charge in [-0.2, -0.15) is 5.10 Å². The third kappa shape index (κ3) is 3.30. The normalized spacial score (nSPS) is 16.6. The van der Waals surface area contributed by atoms with Crippen LogP contribution in [0.15, 0.2) is 46.1 Å². The highest BCUT2D eigenvalue weighted by Crippen LogP contribution is 2.17. The number of benzene rings is 1. The van der Waals surface area contributed by atoms with Crippen LogP contribution in [0.1, 0.15) is 6.42 Å². The van der Waals surface area contributed by atoms with Crippen molar-refractivity contribution in [3.05, 3.63) is 57.4 Å². The molecule has 1 atom stereocenters. The van der Waals surface area contributed by atoms with Crippen LogP contribution < -0.4 is 21.5 Å². The standard InChI is InChI=1S/C19H22N6O3/c1-22-17(9-18(27)23(2)19(22)28)24-8-7-14(11-24)20-16(26)12-25-10-13-5-3-4-6-15(13)21-25/h3-6,9-10,14H,7-8,11-12H2,1-2H3,(H,20,26)/t14-/m0/s1. The van der Waals surface area contributed by atoms with E-state index >= 15 is 0 Å². The summed E-state index contributed by atoms with van der Waals surface area (Å²) in [4.78, 5) is 38.4. The second-order valence-electron chi connectivity index (χ2n) is 7.13. The van der Waals surface area contributed by atoms with Crippen molar-refractivity contribution in [2.45, 2.75) is 19.0 Å². The Hall–Kier alpha value is -3.36. The number of fused-ring (bicyclic) bond motifs is 1. The Kier molecular flexibility index (Phi) is 4.50. The summed E-state index contributed by atoms with van der Waals surface area (Å²) in [6.07, 6.45) is 2.60. The molecule has 0 aliphatic carbocycles. The lowest BCUT2D eigenvalue weighted by atomic mass is 10.2. The van der Waals surface area contributed by atoms with E-state index in [0.717, 1.165) is 21.9 Å². The number of carbonyl (C=O) groups is 1. The minimum absolute atomic E-state index is 0.0448. The van der Waals surface area contributed by atoms with Crippen molar-refractivity contribution in [3.8, 4) is 0 Å². The maximum absolute atomic E-state index is 12.4. The minimum Gasteiger partial charge on any atom is -0.356 e. The third-order valence-electron chi connectivity index (χ3n) is 5.14. The smallest absolute Gasteiger partial charge is 0.332 e. The van der Waals surface area contributed by atoms with Gasteiger partial charge in [0.05, 0.1) is 5.52 Å². The molecular weight excluding hydrogens is 360 g/mol. The van der Waals surface area contributed by atoms with Gasteiger partial charge in [-0.25, -0.2) is 4.79 Å². The Morgan fingerprint density at radius 3 is 2.79 bits per heavy atom. The van der Waals surface area contributed by atoms with Gasteiger partial charge in [0.2, 0.25) is 5.91 Å². The number of hydrogen-bond donors (Lipinski definition) is 1. The summed E-state index contributed by atoms with van der Waals surface area (Å²) < 4.78 is 4.17. The fourth-order valence-corrected chi connectivity index (χ4v) is 3.63. The van der Waals surface area contributed by atoms with Gasteiger partial charge in [0, 0.05) is 50.9 Å². The molecule has 1 aliphatic rings. The topological polar surface area (TPSA) is 94.2 Å². The maximum atomic E-state index is 12.4. The van der Waals surface area contributed by atoms with E-state index < -0.39 is 0 Å². The summed E-state index contributed by atoms with van der Waals surface area (Å²) in [5.41, 5.74) is 0.158. The van der Waals surface area contributed by atoms with Crippen molar-refractivity contribution in [2.75, 3.05) is 18.0 Å². The molecule has 0 bridgehead atoms. The molecule has 146 valence electrons. The number of nitrogens with one attached hydrogen (secondary N) is 1. The average molecular weight is 382 g/mol. The molecule has 0 radical (unpaired) electrons. The van der Waals surface area contributed by atoms with E-state index in [0.29, 0.717) is 18.9 Å². The highest BCUT2D eigenvalue weighted by Gasteiger charge is 2.26. The summed E-state index contributed by atoms with van der Waals surface area (Å²) in [7, 11) is 3.10. The molecule has 9 heteroatoms. The first-order chi connectivity index (χ1) is 13.4. The van der Waals surface area contributed by atoms with Crippen LogP contribution in [0.2, 0.25) is 0 Å². The second kappa shape index (κ2) is 6.99. The van der Waals surface area contributed by atoms with Crippen LogP contribution in [0, 0.1) is 0 Å². The van der Waals surface area contributed by atoms with Gasteiger partial charge in [0.1, 0.15) is 12.4 Å². The van der Waals surface area contributed by atoms with Gasteiger partial charge in [-0.1, -0.05) is 18.2 Å². The van der Waals surface area contributed by atoms with Crippen LogP contribution in [0.25, 0.3) is 10.9 Å². The van der Waals surface area contributed by atoms with E-state index in [4.69, 9.17) is 0 Å². The number of amides is 1. The zero-order valence-corrected chi connectivity index (χ0v) is 15.8. The van der Waals surface area contributed by atoms with Gasteiger partial charge in [-0.05, 0) is 12.5 Å². The lowest BCUT2D eigenvalue weighted by molar-refractivity contribution is -0.122. The van der Waals surface area contributed by atoms with Crippen LogP contribution in [0.3, 0.4) is 0 Å². The maximum Gasteiger partial charge on any atom is 0.332 e. The first kappa shape index (κ1) is 18.0. The van der Waals surface area contributed by atoms with Gasteiger partial charge < -0.3 is 10.2 Å². The highest BCUT2D eigenvalue weighted by atomic mass is 16.2. The highest BCUT2D eigenvalue weighted by molar-refractivity contribution is 5.80. The fraction of sp³-hybridized carbons (Fsp3) is 0.368. The number of hydrogen-bond acceptors (Lipinski definition) is 5. The van der Waals surface area contributed by atoms with Crippen molar-refractivity contribution in [2.24, 2.45) is 14.1 Å². The monoisotopic (exact) mass is 382 g/mol. The zero-order chi connectivity index (χ0) is 19.8. The van der Waals surface area contributed by atoms with Crippen LogP contribution in [-0.2, 0) is 25.4 Å². The Morgan fingerprint density at radius 2 is 2.00 bits per heavy atom. The molecule has 1 N–H and O–H groups in total. The number of carbonyl (C=O) groups excluding carboxylic acids is 1. The SMILES string of the molecule is Cn1c(N2CC[C@H](NC(=O)Cn3cc4ccccc4n3)C2)cc(=O)n(C)c1=O. The Balaban J connectivity index is 1.41. The number of aromatic nitrogens is 4. The summed E-state index contributed by atoms with van der Waals surface area (Å²) in [5, 5.41) is 8.41. The largest absolute Gasteiger partial charge is 0.356 e. The van der Waals surface area contributed by atoms with E-state index in [1.165, 1.54) is 17.7 Å². The summed E-state index contributed by atoms with van der Waals surface area (Å²) in [6, 6.07) is 9.13. The molecule has 1 aromatic carbocycles. The van der Waals surface area contributed by atoms with Crippen LogP contribution in [-0.4, -0.2) is 44.0 Å². The molecule has 1 amide bonds. The quantitative estimate of drug-likeness (QED) is 0.676. The van der Waals surface area contributed by atoms with E-state index in [1.54, 1.807) is 11.7 Å². The van der Waals surface area contributed by atoms with Crippen molar-refractivity contribution in [1.29, 1.82) is 0 Å². The molecule has 1 aliphatic heterocycles. The van der Waals surface area contributed by atoms with Gasteiger partial charge in [0.25, 0.3) is 5.56 Å². The Labute approximate surface area is 160 Å². The summed E-state index contributed by atoms with van der Waals surface area (Å²) in [5.74, 6) is 0.459. The number of rotatable bonds is 4. The van der Waals surface area contributed by atoms with Crippen molar-refractivity contribution in [3.63, 3.8) is 0 Å². The van der Waals surface area contributed by atoms with E-state index in [-0.39, 0.29) is 29.7 Å². The molecule has 1 saturated heterocycles. The molecule has 28 heavy (non-hydrogen) atoms. The molecule has 4 rings (SSSR count). The second-order valence-corrected chi connectivity index (χ2v) is 7.13. The van der Waals surface area contributed by atoms with Crippen molar-refractivity contribution in [1.82, 2.24) is 24.2 Å². The van der Waals surface area contributed by atoms with Crippen LogP contribution >= 0.6 is 0 Å². The molecule has 2 aromatic heterocycles.